The zero-order chi connectivity index (χ0) is 12.7. The smallest absolute Gasteiger partial charge is 0.341 e. The van der Waals surface area contributed by atoms with Gasteiger partial charge in [-0.25, -0.2) is 4.79 Å². The van der Waals surface area contributed by atoms with Crippen molar-refractivity contribution in [2.75, 3.05) is 19.8 Å². The van der Waals surface area contributed by atoms with E-state index in [1.807, 2.05) is 0 Å². The number of esters is 1. The van der Waals surface area contributed by atoms with E-state index in [1.165, 1.54) is 6.20 Å². The van der Waals surface area contributed by atoms with Crippen LogP contribution in [0.3, 0.4) is 0 Å². The molecule has 6 nitrogen and oxygen atoms in total. The molecule has 1 rings (SSSR count). The summed E-state index contributed by atoms with van der Waals surface area (Å²) in [4.78, 5) is 11.6. The number of nitrogens with zero attached hydrogens (tertiary/aromatic N) is 2. The van der Waals surface area contributed by atoms with E-state index in [0.29, 0.717) is 31.7 Å². The number of hydrogen-bond donors (Lipinski definition) is 2. The Balaban J connectivity index is 2.63. The summed E-state index contributed by atoms with van der Waals surface area (Å²) in [5, 5.41) is 15.8. The van der Waals surface area contributed by atoms with Gasteiger partial charge in [0.25, 0.3) is 0 Å². The summed E-state index contributed by atoms with van der Waals surface area (Å²) in [6, 6.07) is 0. The summed E-state index contributed by atoms with van der Waals surface area (Å²) in [5.41, 5.74) is 1.28. The molecule has 1 heterocycles. The van der Waals surface area contributed by atoms with E-state index in [2.05, 4.69) is 10.4 Å². The van der Waals surface area contributed by atoms with Crippen molar-refractivity contribution in [2.24, 2.45) is 7.05 Å². The topological polar surface area (TPSA) is 76.4 Å². The second kappa shape index (κ2) is 7.03. The maximum absolute atomic E-state index is 11.6. The van der Waals surface area contributed by atoms with Gasteiger partial charge in [-0.1, -0.05) is 0 Å². The van der Waals surface area contributed by atoms with Crippen LogP contribution in [0.25, 0.3) is 0 Å². The van der Waals surface area contributed by atoms with Crippen LogP contribution >= 0.6 is 0 Å². The Morgan fingerprint density at radius 3 is 3.06 bits per heavy atom. The summed E-state index contributed by atoms with van der Waals surface area (Å²) >= 11 is 0. The number of aromatic nitrogens is 2. The van der Waals surface area contributed by atoms with E-state index < -0.39 is 0 Å². The molecule has 0 saturated heterocycles. The molecule has 0 aromatic carbocycles. The van der Waals surface area contributed by atoms with E-state index in [-0.39, 0.29) is 12.6 Å². The number of carbonyl (C=O) groups excluding carboxylic acids is 1. The lowest BCUT2D eigenvalue weighted by atomic mass is 10.2. The molecule has 96 valence electrons. The molecule has 0 aliphatic carbocycles. The minimum Gasteiger partial charge on any atom is -0.462 e. The van der Waals surface area contributed by atoms with Gasteiger partial charge in [-0.05, 0) is 19.9 Å². The Morgan fingerprint density at radius 2 is 2.41 bits per heavy atom. The number of aliphatic hydroxyl groups is 1. The van der Waals surface area contributed by atoms with Gasteiger partial charge in [0.2, 0.25) is 0 Å². The van der Waals surface area contributed by atoms with E-state index >= 15 is 0 Å². The van der Waals surface area contributed by atoms with Crippen LogP contribution in [-0.4, -0.2) is 40.6 Å². The van der Waals surface area contributed by atoms with Crippen LogP contribution in [-0.2, 0) is 18.3 Å². The van der Waals surface area contributed by atoms with Crippen molar-refractivity contribution < 1.29 is 14.6 Å². The second-order valence-corrected chi connectivity index (χ2v) is 3.60. The molecule has 0 unspecified atom stereocenters. The summed E-state index contributed by atoms with van der Waals surface area (Å²) in [6.45, 7) is 3.51. The van der Waals surface area contributed by atoms with E-state index in [4.69, 9.17) is 9.84 Å². The van der Waals surface area contributed by atoms with Crippen LogP contribution in [0.2, 0.25) is 0 Å². The fourth-order valence-corrected chi connectivity index (χ4v) is 1.46. The van der Waals surface area contributed by atoms with Crippen molar-refractivity contribution in [1.82, 2.24) is 15.1 Å². The molecule has 0 aliphatic rings. The minimum absolute atomic E-state index is 0.156. The lowest BCUT2D eigenvalue weighted by Gasteiger charge is -2.07. The first-order chi connectivity index (χ1) is 8.20. The molecule has 2 N–H and O–H groups in total. The van der Waals surface area contributed by atoms with Crippen molar-refractivity contribution in [2.45, 2.75) is 19.9 Å². The van der Waals surface area contributed by atoms with Crippen LogP contribution in [0.1, 0.15) is 29.4 Å². The minimum atomic E-state index is -0.348. The largest absolute Gasteiger partial charge is 0.462 e. The molecular formula is C11H19N3O3. The average molecular weight is 241 g/mol. The zero-order valence-corrected chi connectivity index (χ0v) is 10.3. The third kappa shape index (κ3) is 3.83. The fraction of sp³-hybridized carbons (Fsp3) is 0.636. The predicted molar refractivity (Wildman–Crippen MR) is 62.6 cm³/mol. The van der Waals surface area contributed by atoms with E-state index in [9.17, 15) is 4.79 Å². The zero-order valence-electron chi connectivity index (χ0n) is 10.3. The summed E-state index contributed by atoms with van der Waals surface area (Å²) in [6.07, 6.45) is 2.20. The Kier molecular flexibility index (Phi) is 5.65. The molecule has 0 radical (unpaired) electrons. The quantitative estimate of drug-likeness (QED) is 0.522. The summed E-state index contributed by atoms with van der Waals surface area (Å²) < 4.78 is 6.60. The lowest BCUT2D eigenvalue weighted by Crippen LogP contribution is -2.20. The van der Waals surface area contributed by atoms with Crippen LogP contribution in [0.15, 0.2) is 6.20 Å². The van der Waals surface area contributed by atoms with Gasteiger partial charge < -0.3 is 15.2 Å². The Bertz CT molecular complexity index is 363. The molecule has 1 aromatic rings. The van der Waals surface area contributed by atoms with Crippen molar-refractivity contribution in [3.63, 3.8) is 0 Å². The van der Waals surface area contributed by atoms with Gasteiger partial charge in [-0.2, -0.15) is 5.10 Å². The molecule has 17 heavy (non-hydrogen) atoms. The van der Waals surface area contributed by atoms with E-state index in [1.54, 1.807) is 18.7 Å². The Morgan fingerprint density at radius 1 is 1.65 bits per heavy atom. The molecule has 0 amide bonds. The van der Waals surface area contributed by atoms with Crippen LogP contribution in [0, 0.1) is 0 Å². The van der Waals surface area contributed by atoms with Gasteiger partial charge >= 0.3 is 5.97 Å². The summed E-state index contributed by atoms with van der Waals surface area (Å²) in [5.74, 6) is -0.348. The third-order valence-electron chi connectivity index (χ3n) is 2.36. The lowest BCUT2D eigenvalue weighted by molar-refractivity contribution is 0.0524. The van der Waals surface area contributed by atoms with Crippen molar-refractivity contribution >= 4 is 5.97 Å². The highest BCUT2D eigenvalue weighted by Gasteiger charge is 2.16. The predicted octanol–water partition coefficient (Wildman–Crippen LogP) is 0.0688. The molecule has 0 fully saturated rings. The highest BCUT2D eigenvalue weighted by molar-refractivity contribution is 5.90. The third-order valence-corrected chi connectivity index (χ3v) is 2.36. The highest BCUT2D eigenvalue weighted by atomic mass is 16.5. The normalized spacial score (nSPS) is 10.5. The number of hydrogen-bond acceptors (Lipinski definition) is 5. The monoisotopic (exact) mass is 241 g/mol. The van der Waals surface area contributed by atoms with Crippen molar-refractivity contribution in [3.05, 3.63) is 17.5 Å². The maximum atomic E-state index is 11.6. The molecular weight excluding hydrogens is 222 g/mol. The number of carbonyl (C=O) groups is 1. The second-order valence-electron chi connectivity index (χ2n) is 3.60. The molecule has 0 spiro atoms. The molecule has 6 heteroatoms. The maximum Gasteiger partial charge on any atom is 0.341 e. The molecule has 1 aromatic heterocycles. The number of rotatable bonds is 7. The van der Waals surface area contributed by atoms with Gasteiger partial charge in [-0.3, -0.25) is 4.68 Å². The SMILES string of the molecule is CCOC(=O)c1cnn(C)c1CNCCCO. The number of aliphatic hydroxyl groups excluding tert-OH is 1. The molecule has 0 atom stereocenters. The van der Waals surface area contributed by atoms with Crippen molar-refractivity contribution in [1.29, 1.82) is 0 Å². The highest BCUT2D eigenvalue weighted by Crippen LogP contribution is 2.09. The van der Waals surface area contributed by atoms with Crippen molar-refractivity contribution in [3.8, 4) is 0 Å². The van der Waals surface area contributed by atoms with E-state index in [0.717, 1.165) is 5.69 Å². The van der Waals surface area contributed by atoms with Crippen LogP contribution in [0.4, 0.5) is 0 Å². The van der Waals surface area contributed by atoms with Crippen LogP contribution in [0.5, 0.6) is 0 Å². The first-order valence-electron chi connectivity index (χ1n) is 5.70. The molecule has 0 bridgehead atoms. The van der Waals surface area contributed by atoms with Gasteiger partial charge in [0.1, 0.15) is 5.56 Å². The Hall–Kier alpha value is -1.40. The first-order valence-corrected chi connectivity index (χ1v) is 5.70. The first kappa shape index (κ1) is 13.7. The van der Waals surface area contributed by atoms with Crippen LogP contribution < -0.4 is 5.32 Å². The molecule has 0 aliphatic heterocycles. The number of nitrogens with one attached hydrogen (secondary N) is 1. The fourth-order valence-electron chi connectivity index (χ4n) is 1.46. The van der Waals surface area contributed by atoms with Gasteiger partial charge in [0.05, 0.1) is 18.5 Å². The Labute approximate surface area is 101 Å². The molecule has 0 saturated carbocycles. The van der Waals surface area contributed by atoms with Gasteiger partial charge in [0, 0.05) is 20.2 Å². The standard InChI is InChI=1S/C11H19N3O3/c1-3-17-11(16)9-7-13-14(2)10(9)8-12-5-4-6-15/h7,12,15H,3-6,8H2,1-2H3. The number of ether oxygens (including phenoxy) is 1. The average Bonchev–Trinajstić information content (AvgIpc) is 2.67. The summed E-state index contributed by atoms with van der Waals surface area (Å²) in [7, 11) is 1.78. The van der Waals surface area contributed by atoms with Gasteiger partial charge in [-0.15, -0.1) is 0 Å². The number of aryl methyl sites for hydroxylation is 1. The van der Waals surface area contributed by atoms with Gasteiger partial charge in [0.15, 0.2) is 0 Å².